The van der Waals surface area contributed by atoms with Crippen LogP contribution in [0.15, 0.2) is 18.2 Å². The zero-order valence-electron chi connectivity index (χ0n) is 8.05. The van der Waals surface area contributed by atoms with Crippen LogP contribution >= 0.6 is 39.1 Å². The first kappa shape index (κ1) is 11.7. The molecule has 2 rings (SSSR count). The van der Waals surface area contributed by atoms with Crippen molar-refractivity contribution in [3.05, 3.63) is 33.8 Å². The predicted octanol–water partition coefficient (Wildman–Crippen LogP) is 4.61. The minimum atomic E-state index is 0.123. The average molecular weight is 310 g/mol. The van der Waals surface area contributed by atoms with Crippen molar-refractivity contribution >= 4 is 39.1 Å². The van der Waals surface area contributed by atoms with E-state index in [1.54, 1.807) is 6.07 Å². The van der Waals surface area contributed by atoms with Crippen LogP contribution in [-0.4, -0.2) is 11.4 Å². The third-order valence-electron chi connectivity index (χ3n) is 2.59. The molecule has 0 aliphatic carbocycles. The largest absolute Gasteiger partial charge is 0.369 e. The molecule has 1 heterocycles. The number of halogens is 3. The summed E-state index contributed by atoms with van der Waals surface area (Å²) < 4.78 is 5.84. The van der Waals surface area contributed by atoms with E-state index in [1.807, 2.05) is 12.1 Å². The number of ether oxygens (including phenoxy) is 1. The number of alkyl halides is 1. The molecule has 2 atom stereocenters. The van der Waals surface area contributed by atoms with Crippen molar-refractivity contribution in [1.29, 1.82) is 0 Å². The van der Waals surface area contributed by atoms with Crippen molar-refractivity contribution in [3.63, 3.8) is 0 Å². The maximum absolute atomic E-state index is 6.12. The molecular formula is C11H11BrCl2O. The van der Waals surface area contributed by atoms with E-state index in [1.165, 1.54) is 0 Å². The maximum atomic E-state index is 6.12. The summed E-state index contributed by atoms with van der Waals surface area (Å²) in [6.07, 6.45) is 2.53. The normalized spacial score (nSPS) is 25.8. The molecule has 0 bridgehead atoms. The van der Waals surface area contributed by atoms with Gasteiger partial charge in [-0.15, -0.1) is 0 Å². The molecule has 1 aromatic carbocycles. The summed E-state index contributed by atoms with van der Waals surface area (Å²) in [5.41, 5.74) is 1.05. The molecular weight excluding hydrogens is 299 g/mol. The summed E-state index contributed by atoms with van der Waals surface area (Å²) >= 11 is 15.4. The Balaban J connectivity index is 2.17. The lowest BCUT2D eigenvalue weighted by atomic mass is 10.1. The lowest BCUT2D eigenvalue weighted by molar-refractivity contribution is 0.0589. The first-order valence-electron chi connectivity index (χ1n) is 4.87. The molecule has 0 aromatic heterocycles. The van der Waals surface area contributed by atoms with Crippen LogP contribution in [0.5, 0.6) is 0 Å². The Labute approximate surface area is 108 Å². The quantitative estimate of drug-likeness (QED) is 0.725. The highest BCUT2D eigenvalue weighted by atomic mass is 79.9. The maximum Gasteiger partial charge on any atom is 0.0844 e. The molecule has 82 valence electrons. The lowest BCUT2D eigenvalue weighted by Gasteiger charge is -2.13. The Morgan fingerprint density at radius 3 is 2.73 bits per heavy atom. The molecule has 0 saturated carbocycles. The van der Waals surface area contributed by atoms with E-state index >= 15 is 0 Å². The Hall–Kier alpha value is 0.240. The molecule has 0 spiro atoms. The van der Waals surface area contributed by atoms with Crippen molar-refractivity contribution in [1.82, 2.24) is 0 Å². The minimum Gasteiger partial charge on any atom is -0.369 e. The lowest BCUT2D eigenvalue weighted by Crippen LogP contribution is -2.07. The zero-order valence-corrected chi connectivity index (χ0v) is 11.1. The smallest absolute Gasteiger partial charge is 0.0844 e. The van der Waals surface area contributed by atoms with Gasteiger partial charge in [0.1, 0.15) is 0 Å². The van der Waals surface area contributed by atoms with Gasteiger partial charge in [-0.25, -0.2) is 0 Å². The highest BCUT2D eigenvalue weighted by Crippen LogP contribution is 2.37. The van der Waals surface area contributed by atoms with Crippen LogP contribution in [0.2, 0.25) is 10.0 Å². The first-order valence-corrected chi connectivity index (χ1v) is 6.75. The van der Waals surface area contributed by atoms with Crippen molar-refractivity contribution in [3.8, 4) is 0 Å². The topological polar surface area (TPSA) is 9.23 Å². The highest BCUT2D eigenvalue weighted by Gasteiger charge is 2.26. The van der Waals surface area contributed by atoms with Gasteiger partial charge in [-0.3, -0.25) is 0 Å². The second-order valence-electron chi connectivity index (χ2n) is 3.64. The Morgan fingerprint density at radius 2 is 2.13 bits per heavy atom. The van der Waals surface area contributed by atoms with Crippen molar-refractivity contribution in [2.75, 3.05) is 5.33 Å². The fourth-order valence-corrected chi connectivity index (χ4v) is 2.82. The Bertz CT molecular complexity index is 356. The van der Waals surface area contributed by atoms with E-state index in [9.17, 15) is 0 Å². The van der Waals surface area contributed by atoms with Gasteiger partial charge in [0.15, 0.2) is 0 Å². The minimum absolute atomic E-state index is 0.123. The molecule has 0 N–H and O–H groups in total. The molecule has 1 aliphatic rings. The molecule has 1 saturated heterocycles. The van der Waals surface area contributed by atoms with Gasteiger partial charge in [0.25, 0.3) is 0 Å². The molecule has 1 nitrogen and oxygen atoms in total. The third-order valence-corrected chi connectivity index (χ3v) is 3.87. The van der Waals surface area contributed by atoms with Crippen molar-refractivity contribution in [2.45, 2.75) is 25.0 Å². The summed E-state index contributed by atoms with van der Waals surface area (Å²) in [7, 11) is 0. The SMILES string of the molecule is Clc1ccc(C2CCC(CBr)O2)c(Cl)c1. The van der Waals surface area contributed by atoms with E-state index in [0.717, 1.165) is 23.7 Å². The summed E-state index contributed by atoms with van der Waals surface area (Å²) in [5.74, 6) is 0. The van der Waals surface area contributed by atoms with Gasteiger partial charge in [0, 0.05) is 15.4 Å². The summed E-state index contributed by atoms with van der Waals surface area (Å²) in [6, 6.07) is 5.57. The van der Waals surface area contributed by atoms with E-state index in [-0.39, 0.29) is 6.10 Å². The van der Waals surface area contributed by atoms with Gasteiger partial charge in [-0.05, 0) is 30.5 Å². The van der Waals surface area contributed by atoms with Gasteiger partial charge in [0.05, 0.1) is 12.2 Å². The second kappa shape index (κ2) is 5.05. The standard InChI is InChI=1S/C11H11BrCl2O/c12-6-8-2-4-11(15-8)9-3-1-7(13)5-10(9)14/h1,3,5,8,11H,2,4,6H2. The van der Waals surface area contributed by atoms with Crippen molar-refractivity contribution in [2.24, 2.45) is 0 Å². The Kier molecular flexibility index (Phi) is 3.94. The van der Waals surface area contributed by atoms with E-state index in [0.29, 0.717) is 16.1 Å². The predicted molar refractivity (Wildman–Crippen MR) is 67.1 cm³/mol. The molecule has 0 amide bonds. The number of hydrogen-bond donors (Lipinski definition) is 0. The monoisotopic (exact) mass is 308 g/mol. The van der Waals surface area contributed by atoms with E-state index in [2.05, 4.69) is 15.9 Å². The molecule has 1 fully saturated rings. The summed E-state index contributed by atoms with van der Waals surface area (Å²) in [4.78, 5) is 0. The van der Waals surface area contributed by atoms with Crippen LogP contribution in [-0.2, 0) is 4.74 Å². The fourth-order valence-electron chi connectivity index (χ4n) is 1.81. The van der Waals surface area contributed by atoms with Gasteiger partial charge in [-0.2, -0.15) is 0 Å². The number of rotatable bonds is 2. The number of hydrogen-bond acceptors (Lipinski definition) is 1. The van der Waals surface area contributed by atoms with Crippen LogP contribution in [0, 0.1) is 0 Å². The zero-order chi connectivity index (χ0) is 10.8. The first-order chi connectivity index (χ1) is 7.20. The molecule has 15 heavy (non-hydrogen) atoms. The van der Waals surface area contributed by atoms with Gasteiger partial charge < -0.3 is 4.74 Å². The second-order valence-corrected chi connectivity index (χ2v) is 5.14. The molecule has 2 unspecified atom stereocenters. The molecule has 1 aromatic rings. The molecule has 4 heteroatoms. The summed E-state index contributed by atoms with van der Waals surface area (Å²) in [5, 5.41) is 2.25. The molecule has 0 radical (unpaired) electrons. The summed E-state index contributed by atoms with van der Waals surface area (Å²) in [6.45, 7) is 0. The molecule has 1 aliphatic heterocycles. The van der Waals surface area contributed by atoms with Gasteiger partial charge in [-0.1, -0.05) is 45.2 Å². The van der Waals surface area contributed by atoms with Gasteiger partial charge >= 0.3 is 0 Å². The van der Waals surface area contributed by atoms with Crippen LogP contribution < -0.4 is 0 Å². The van der Waals surface area contributed by atoms with E-state index in [4.69, 9.17) is 27.9 Å². The highest BCUT2D eigenvalue weighted by molar-refractivity contribution is 9.09. The fraction of sp³-hybridized carbons (Fsp3) is 0.455. The third kappa shape index (κ3) is 2.68. The van der Waals surface area contributed by atoms with Crippen LogP contribution in [0.25, 0.3) is 0 Å². The van der Waals surface area contributed by atoms with Crippen LogP contribution in [0.1, 0.15) is 24.5 Å². The van der Waals surface area contributed by atoms with Gasteiger partial charge in [0.2, 0.25) is 0 Å². The number of benzene rings is 1. The van der Waals surface area contributed by atoms with Crippen LogP contribution in [0.3, 0.4) is 0 Å². The van der Waals surface area contributed by atoms with E-state index < -0.39 is 0 Å². The van der Waals surface area contributed by atoms with Crippen molar-refractivity contribution < 1.29 is 4.74 Å². The average Bonchev–Trinajstić information content (AvgIpc) is 2.66. The Morgan fingerprint density at radius 1 is 1.33 bits per heavy atom. The van der Waals surface area contributed by atoms with Crippen LogP contribution in [0.4, 0.5) is 0 Å².